The summed E-state index contributed by atoms with van der Waals surface area (Å²) in [5, 5.41) is 7.15. The number of H-pyrrole nitrogens is 1. The number of carbonyl (C=O) groups excluding carboxylic acids is 1. The Kier molecular flexibility index (Phi) is 4.47. The normalized spacial score (nSPS) is 10.7. The lowest BCUT2D eigenvalue weighted by molar-refractivity contribution is 0.102. The molecule has 0 fully saturated rings. The third-order valence-corrected chi connectivity index (χ3v) is 3.87. The molecule has 0 unspecified atom stereocenters. The third-order valence-electron chi connectivity index (χ3n) is 3.87. The molecule has 0 atom stereocenters. The van der Waals surface area contributed by atoms with Crippen LogP contribution in [0, 0.1) is 13.8 Å². The number of anilines is 1. The van der Waals surface area contributed by atoms with E-state index < -0.39 is 0 Å². The van der Waals surface area contributed by atoms with Gasteiger partial charge < -0.3 is 5.32 Å². The Morgan fingerprint density at radius 2 is 1.96 bits per heavy atom. The molecule has 0 aliphatic carbocycles. The Bertz CT molecular complexity index is 973. The predicted molar refractivity (Wildman–Crippen MR) is 95.2 cm³/mol. The van der Waals surface area contributed by atoms with Gasteiger partial charge in [-0.05, 0) is 32.4 Å². The molecule has 7 heteroatoms. The van der Waals surface area contributed by atoms with Crippen LogP contribution >= 0.6 is 0 Å². The molecule has 0 bridgehead atoms. The van der Waals surface area contributed by atoms with Gasteiger partial charge in [-0.3, -0.25) is 14.6 Å². The van der Waals surface area contributed by atoms with Gasteiger partial charge in [-0.25, -0.2) is 4.98 Å². The summed E-state index contributed by atoms with van der Waals surface area (Å²) in [7, 11) is 0. The number of amides is 1. The quantitative estimate of drug-likeness (QED) is 0.764. The summed E-state index contributed by atoms with van der Waals surface area (Å²) in [5.74, 6) is 0.459. The molecule has 1 amide bonds. The van der Waals surface area contributed by atoms with Gasteiger partial charge in [0.1, 0.15) is 5.82 Å². The summed E-state index contributed by atoms with van der Waals surface area (Å²) in [4.78, 5) is 31.8. The molecular formula is C18H19N5O2. The van der Waals surface area contributed by atoms with Gasteiger partial charge in [0.2, 0.25) is 5.95 Å². The number of nitrogens with one attached hydrogen (secondary N) is 2. The van der Waals surface area contributed by atoms with E-state index >= 15 is 0 Å². The van der Waals surface area contributed by atoms with Crippen molar-refractivity contribution in [2.75, 3.05) is 5.32 Å². The zero-order valence-electron chi connectivity index (χ0n) is 14.3. The number of benzene rings is 1. The molecule has 0 radical (unpaired) electrons. The van der Waals surface area contributed by atoms with E-state index in [4.69, 9.17) is 0 Å². The van der Waals surface area contributed by atoms with Gasteiger partial charge in [0, 0.05) is 22.9 Å². The van der Waals surface area contributed by atoms with Crippen molar-refractivity contribution < 1.29 is 4.79 Å². The van der Waals surface area contributed by atoms with E-state index in [9.17, 15) is 9.59 Å². The van der Waals surface area contributed by atoms with Gasteiger partial charge in [0.05, 0.1) is 5.69 Å². The van der Waals surface area contributed by atoms with Crippen LogP contribution in [-0.4, -0.2) is 25.7 Å². The maximum atomic E-state index is 12.4. The molecule has 0 spiro atoms. The maximum Gasteiger partial charge on any atom is 0.256 e. The smallest absolute Gasteiger partial charge is 0.256 e. The average molecular weight is 337 g/mol. The minimum Gasteiger partial charge on any atom is -0.306 e. The third kappa shape index (κ3) is 3.35. The second-order valence-electron chi connectivity index (χ2n) is 5.71. The van der Waals surface area contributed by atoms with E-state index in [0.29, 0.717) is 34.8 Å². The van der Waals surface area contributed by atoms with E-state index in [1.807, 2.05) is 13.0 Å². The van der Waals surface area contributed by atoms with E-state index in [2.05, 4.69) is 20.4 Å². The van der Waals surface area contributed by atoms with Crippen molar-refractivity contribution in [2.24, 2.45) is 0 Å². The Balaban J connectivity index is 2.00. The molecule has 2 N–H and O–H groups in total. The van der Waals surface area contributed by atoms with E-state index in [0.717, 1.165) is 0 Å². The number of aryl methyl sites for hydroxylation is 2. The summed E-state index contributed by atoms with van der Waals surface area (Å²) in [6.07, 6.45) is 0.601. The van der Waals surface area contributed by atoms with Crippen LogP contribution in [0.15, 0.2) is 41.2 Å². The predicted octanol–water partition coefficient (Wildman–Crippen LogP) is 2.39. The van der Waals surface area contributed by atoms with Crippen LogP contribution in [0.2, 0.25) is 0 Å². The fourth-order valence-electron chi connectivity index (χ4n) is 2.64. The second-order valence-corrected chi connectivity index (χ2v) is 5.71. The van der Waals surface area contributed by atoms with Gasteiger partial charge in [-0.15, -0.1) is 0 Å². The minimum atomic E-state index is -0.258. The van der Waals surface area contributed by atoms with E-state index in [1.54, 1.807) is 44.2 Å². The molecule has 2 aromatic heterocycles. The number of aromatic nitrogens is 4. The van der Waals surface area contributed by atoms with Crippen LogP contribution in [0.1, 0.15) is 34.2 Å². The molecule has 0 aliphatic rings. The first-order valence-corrected chi connectivity index (χ1v) is 8.02. The van der Waals surface area contributed by atoms with Crippen LogP contribution < -0.4 is 10.9 Å². The lowest BCUT2D eigenvalue weighted by atomic mass is 10.2. The fourth-order valence-corrected chi connectivity index (χ4v) is 2.64. The molecule has 0 saturated heterocycles. The highest BCUT2D eigenvalue weighted by Gasteiger charge is 2.15. The number of aromatic amines is 1. The minimum absolute atomic E-state index is 0.196. The molecular weight excluding hydrogens is 318 g/mol. The summed E-state index contributed by atoms with van der Waals surface area (Å²) >= 11 is 0. The number of hydrogen-bond acceptors (Lipinski definition) is 4. The lowest BCUT2D eigenvalue weighted by Gasteiger charge is -2.10. The van der Waals surface area contributed by atoms with Gasteiger partial charge in [-0.1, -0.05) is 25.1 Å². The van der Waals surface area contributed by atoms with Gasteiger partial charge in [0.15, 0.2) is 0 Å². The van der Waals surface area contributed by atoms with Crippen molar-refractivity contribution in [2.45, 2.75) is 27.2 Å². The molecule has 0 saturated carbocycles. The average Bonchev–Trinajstić information content (AvgIpc) is 2.95. The topological polar surface area (TPSA) is 92.7 Å². The standard InChI is InChI=1S/C18H19N5O2/c1-4-14-12(3)19-18(21-17(14)25)23-15(10-11(2)22-23)20-16(24)13-8-6-5-7-9-13/h5-10H,4H2,1-3H3,(H,20,24)(H,19,21,25). The number of rotatable bonds is 4. The highest BCUT2D eigenvalue weighted by Crippen LogP contribution is 2.16. The highest BCUT2D eigenvalue weighted by molar-refractivity contribution is 6.03. The molecule has 3 aromatic rings. The number of hydrogen-bond donors (Lipinski definition) is 2. The van der Waals surface area contributed by atoms with Crippen LogP contribution in [0.5, 0.6) is 0 Å². The highest BCUT2D eigenvalue weighted by atomic mass is 16.1. The SMILES string of the molecule is CCc1c(C)nc(-n2nc(C)cc2NC(=O)c2ccccc2)[nH]c1=O. The molecule has 0 aliphatic heterocycles. The van der Waals surface area contributed by atoms with Crippen molar-refractivity contribution in [1.29, 1.82) is 0 Å². The first-order valence-electron chi connectivity index (χ1n) is 8.02. The zero-order valence-corrected chi connectivity index (χ0v) is 14.3. The first-order chi connectivity index (χ1) is 12.0. The first kappa shape index (κ1) is 16.6. The molecule has 128 valence electrons. The number of carbonyl (C=O) groups is 1. The molecule has 2 heterocycles. The monoisotopic (exact) mass is 337 g/mol. The summed E-state index contributed by atoms with van der Waals surface area (Å²) in [6, 6.07) is 10.6. The van der Waals surface area contributed by atoms with Crippen LogP contribution in [-0.2, 0) is 6.42 Å². The van der Waals surface area contributed by atoms with Crippen LogP contribution in [0.25, 0.3) is 5.95 Å². The van der Waals surface area contributed by atoms with Gasteiger partial charge in [-0.2, -0.15) is 9.78 Å². The van der Waals surface area contributed by atoms with Crippen molar-refractivity contribution in [3.63, 3.8) is 0 Å². The van der Waals surface area contributed by atoms with E-state index in [-0.39, 0.29) is 17.4 Å². The summed E-state index contributed by atoms with van der Waals surface area (Å²) < 4.78 is 1.43. The van der Waals surface area contributed by atoms with Crippen LogP contribution in [0.4, 0.5) is 5.82 Å². The Hall–Kier alpha value is -3.22. The number of nitrogens with zero attached hydrogens (tertiary/aromatic N) is 3. The maximum absolute atomic E-state index is 12.4. The fraction of sp³-hybridized carbons (Fsp3) is 0.222. The van der Waals surface area contributed by atoms with Gasteiger partial charge in [0.25, 0.3) is 11.5 Å². The zero-order chi connectivity index (χ0) is 18.0. The Morgan fingerprint density at radius 3 is 2.60 bits per heavy atom. The van der Waals surface area contributed by atoms with Crippen molar-refractivity contribution in [3.8, 4) is 5.95 Å². The largest absolute Gasteiger partial charge is 0.306 e. The Morgan fingerprint density at radius 1 is 1.24 bits per heavy atom. The van der Waals surface area contributed by atoms with Crippen molar-refractivity contribution in [1.82, 2.24) is 19.7 Å². The van der Waals surface area contributed by atoms with E-state index in [1.165, 1.54) is 4.68 Å². The van der Waals surface area contributed by atoms with Crippen molar-refractivity contribution in [3.05, 3.63) is 69.3 Å². The Labute approximate surface area is 144 Å². The molecule has 7 nitrogen and oxygen atoms in total. The molecule has 1 aromatic carbocycles. The van der Waals surface area contributed by atoms with Gasteiger partial charge >= 0.3 is 0 Å². The summed E-state index contributed by atoms with van der Waals surface area (Å²) in [5.41, 5.74) is 2.32. The molecule has 3 rings (SSSR count). The lowest BCUT2D eigenvalue weighted by Crippen LogP contribution is -2.21. The van der Waals surface area contributed by atoms with Crippen molar-refractivity contribution >= 4 is 11.7 Å². The second kappa shape index (κ2) is 6.72. The summed E-state index contributed by atoms with van der Waals surface area (Å²) in [6.45, 7) is 5.50. The van der Waals surface area contributed by atoms with Crippen LogP contribution in [0.3, 0.4) is 0 Å². The molecule has 25 heavy (non-hydrogen) atoms.